The second-order valence-corrected chi connectivity index (χ2v) is 5.63. The minimum atomic E-state index is 0.284. The van der Waals surface area contributed by atoms with Crippen molar-refractivity contribution < 1.29 is 4.74 Å². The Morgan fingerprint density at radius 2 is 2.29 bits per heavy atom. The lowest BCUT2D eigenvalue weighted by Gasteiger charge is -2.30. The second kappa shape index (κ2) is 5.59. The van der Waals surface area contributed by atoms with Crippen LogP contribution in [0.4, 0.5) is 5.69 Å². The molecule has 0 radical (unpaired) electrons. The molecule has 17 heavy (non-hydrogen) atoms. The highest BCUT2D eigenvalue weighted by Crippen LogP contribution is 2.30. The first kappa shape index (κ1) is 13.2. The summed E-state index contributed by atoms with van der Waals surface area (Å²) in [5.74, 6) is 0.529. The van der Waals surface area contributed by atoms with Gasteiger partial charge in [-0.25, -0.2) is 0 Å². The van der Waals surface area contributed by atoms with Crippen LogP contribution in [0.5, 0.6) is 0 Å². The molecule has 1 saturated heterocycles. The zero-order valence-corrected chi connectivity index (χ0v) is 12.5. The first-order chi connectivity index (χ1) is 8.13. The van der Waals surface area contributed by atoms with Gasteiger partial charge in [-0.2, -0.15) is 0 Å². The van der Waals surface area contributed by atoms with Gasteiger partial charge in [-0.1, -0.05) is 15.9 Å². The summed E-state index contributed by atoms with van der Waals surface area (Å²) in [5, 5.41) is 0. The molecule has 0 saturated carbocycles. The van der Waals surface area contributed by atoms with E-state index in [2.05, 4.69) is 53.0 Å². The van der Waals surface area contributed by atoms with Gasteiger partial charge in [0.1, 0.15) is 0 Å². The van der Waals surface area contributed by atoms with E-state index in [4.69, 9.17) is 16.3 Å². The summed E-state index contributed by atoms with van der Waals surface area (Å²) < 4.78 is 6.69. The van der Waals surface area contributed by atoms with Gasteiger partial charge in [-0.3, -0.25) is 0 Å². The topological polar surface area (TPSA) is 12.5 Å². The Bertz CT molecular complexity index is 399. The molecule has 0 aromatic heterocycles. The number of hydrogen-bond donors (Lipinski definition) is 0. The van der Waals surface area contributed by atoms with E-state index in [-0.39, 0.29) is 6.10 Å². The number of alkyl halides is 1. The first-order valence-electron chi connectivity index (χ1n) is 5.82. The molecular weight excluding hydrogens is 302 g/mol. The molecule has 0 aliphatic carbocycles. The van der Waals surface area contributed by atoms with E-state index in [1.807, 2.05) is 0 Å². The van der Waals surface area contributed by atoms with Gasteiger partial charge >= 0.3 is 0 Å². The molecule has 0 bridgehead atoms. The third kappa shape index (κ3) is 2.78. The number of hydrogen-bond acceptors (Lipinski definition) is 2. The van der Waals surface area contributed by atoms with Crippen molar-refractivity contribution in [3.05, 3.63) is 28.2 Å². The summed E-state index contributed by atoms with van der Waals surface area (Å²) in [7, 11) is 2.12. The summed E-state index contributed by atoms with van der Waals surface area (Å²) >= 11 is 9.49. The van der Waals surface area contributed by atoms with Crippen molar-refractivity contribution in [1.29, 1.82) is 0 Å². The molecule has 1 aliphatic heterocycles. The fourth-order valence-corrected chi connectivity index (χ4v) is 3.04. The molecule has 94 valence electrons. The average Bonchev–Trinajstić information content (AvgIpc) is 2.74. The normalized spacial score (nSPS) is 24.0. The molecule has 0 N–H and O–H groups in total. The maximum atomic E-state index is 6.01. The van der Waals surface area contributed by atoms with Crippen LogP contribution in [0.1, 0.15) is 18.9 Å². The quantitative estimate of drug-likeness (QED) is 0.786. The van der Waals surface area contributed by atoms with Crippen LogP contribution < -0.4 is 4.90 Å². The molecule has 0 spiro atoms. The Morgan fingerprint density at radius 3 is 2.88 bits per heavy atom. The van der Waals surface area contributed by atoms with Crippen molar-refractivity contribution in [2.75, 3.05) is 18.6 Å². The van der Waals surface area contributed by atoms with E-state index in [0.29, 0.717) is 11.9 Å². The van der Waals surface area contributed by atoms with Crippen LogP contribution in [-0.2, 0) is 10.6 Å². The van der Waals surface area contributed by atoms with Crippen molar-refractivity contribution in [1.82, 2.24) is 0 Å². The van der Waals surface area contributed by atoms with Gasteiger partial charge in [0.15, 0.2) is 0 Å². The number of anilines is 1. The van der Waals surface area contributed by atoms with E-state index >= 15 is 0 Å². The van der Waals surface area contributed by atoms with Crippen molar-refractivity contribution >= 4 is 33.2 Å². The fourth-order valence-electron chi connectivity index (χ4n) is 2.41. The highest BCUT2D eigenvalue weighted by molar-refractivity contribution is 9.10. The monoisotopic (exact) mass is 317 g/mol. The molecular formula is C13H17BrClNO. The predicted octanol–water partition coefficient (Wildman–Crippen LogP) is 3.80. The van der Waals surface area contributed by atoms with Crippen LogP contribution >= 0.6 is 27.5 Å². The molecule has 0 amide bonds. The van der Waals surface area contributed by atoms with Gasteiger partial charge in [-0.05, 0) is 37.1 Å². The van der Waals surface area contributed by atoms with Gasteiger partial charge in [0.2, 0.25) is 0 Å². The van der Waals surface area contributed by atoms with E-state index in [1.165, 1.54) is 5.69 Å². The third-order valence-corrected chi connectivity index (χ3v) is 4.18. The fraction of sp³-hybridized carbons (Fsp3) is 0.538. The Labute approximate surface area is 116 Å². The van der Waals surface area contributed by atoms with Crippen LogP contribution in [0, 0.1) is 0 Å². The van der Waals surface area contributed by atoms with Crippen LogP contribution in [0.2, 0.25) is 0 Å². The van der Waals surface area contributed by atoms with Crippen LogP contribution in [-0.4, -0.2) is 25.8 Å². The Balaban J connectivity index is 2.26. The Hall–Kier alpha value is -0.250. The lowest BCUT2D eigenvalue weighted by Crippen LogP contribution is -2.37. The number of likely N-dealkylation sites (N-methyl/N-ethyl adjacent to an activating group) is 1. The molecule has 2 unspecified atom stereocenters. The van der Waals surface area contributed by atoms with Gasteiger partial charge in [0.05, 0.1) is 12.1 Å². The standard InChI is InChI=1S/C13H17BrClNO/c1-9-12(5-6-17-9)16(2)13-4-3-11(14)7-10(13)8-15/h3-4,7,9,12H,5-6,8H2,1-2H3. The van der Waals surface area contributed by atoms with Gasteiger partial charge in [0, 0.05) is 29.7 Å². The van der Waals surface area contributed by atoms with Gasteiger partial charge in [0.25, 0.3) is 0 Å². The summed E-state index contributed by atoms with van der Waals surface area (Å²) in [6.45, 7) is 2.98. The summed E-state index contributed by atoms with van der Waals surface area (Å²) in [5.41, 5.74) is 2.35. The molecule has 1 aromatic carbocycles. The molecule has 2 rings (SSSR count). The highest BCUT2D eigenvalue weighted by Gasteiger charge is 2.28. The molecule has 4 heteroatoms. The molecule has 2 nitrogen and oxygen atoms in total. The van der Waals surface area contributed by atoms with Crippen LogP contribution in [0.25, 0.3) is 0 Å². The largest absolute Gasteiger partial charge is 0.376 e. The molecule has 1 aromatic rings. The first-order valence-corrected chi connectivity index (χ1v) is 7.15. The zero-order chi connectivity index (χ0) is 12.4. The highest BCUT2D eigenvalue weighted by atomic mass is 79.9. The average molecular weight is 319 g/mol. The number of halogens is 2. The van der Waals surface area contributed by atoms with Crippen molar-refractivity contribution in [2.45, 2.75) is 31.4 Å². The molecule has 1 heterocycles. The van der Waals surface area contributed by atoms with E-state index in [1.54, 1.807) is 0 Å². The summed E-state index contributed by atoms with van der Waals surface area (Å²) in [6, 6.07) is 6.70. The van der Waals surface area contributed by atoms with Crippen LogP contribution in [0.3, 0.4) is 0 Å². The summed E-state index contributed by atoms with van der Waals surface area (Å²) in [6.07, 6.45) is 1.36. The Kier molecular flexibility index (Phi) is 4.34. The van der Waals surface area contributed by atoms with Gasteiger partial charge in [-0.15, -0.1) is 11.6 Å². The van der Waals surface area contributed by atoms with E-state index in [0.717, 1.165) is 23.1 Å². The molecule has 2 atom stereocenters. The zero-order valence-electron chi connectivity index (χ0n) is 10.1. The summed E-state index contributed by atoms with van der Waals surface area (Å²) in [4.78, 5) is 2.29. The SMILES string of the molecule is CC1OCCC1N(C)c1ccc(Br)cc1CCl. The maximum absolute atomic E-state index is 6.01. The van der Waals surface area contributed by atoms with Crippen molar-refractivity contribution in [3.63, 3.8) is 0 Å². The number of benzene rings is 1. The van der Waals surface area contributed by atoms with Crippen molar-refractivity contribution in [2.24, 2.45) is 0 Å². The lowest BCUT2D eigenvalue weighted by molar-refractivity contribution is 0.118. The Morgan fingerprint density at radius 1 is 1.53 bits per heavy atom. The molecule has 1 aliphatic rings. The van der Waals surface area contributed by atoms with E-state index < -0.39 is 0 Å². The van der Waals surface area contributed by atoms with Gasteiger partial charge < -0.3 is 9.64 Å². The third-order valence-electron chi connectivity index (χ3n) is 3.40. The van der Waals surface area contributed by atoms with E-state index in [9.17, 15) is 0 Å². The molecule has 1 fully saturated rings. The van der Waals surface area contributed by atoms with Crippen molar-refractivity contribution in [3.8, 4) is 0 Å². The number of ether oxygens (including phenoxy) is 1. The second-order valence-electron chi connectivity index (χ2n) is 4.45. The lowest BCUT2D eigenvalue weighted by atomic mass is 10.1. The predicted molar refractivity (Wildman–Crippen MR) is 75.9 cm³/mol. The minimum absolute atomic E-state index is 0.284. The maximum Gasteiger partial charge on any atom is 0.0750 e. The smallest absolute Gasteiger partial charge is 0.0750 e. The van der Waals surface area contributed by atoms with Crippen LogP contribution in [0.15, 0.2) is 22.7 Å². The number of nitrogens with zero attached hydrogens (tertiary/aromatic N) is 1. The minimum Gasteiger partial charge on any atom is -0.376 e. The number of rotatable bonds is 3.